The van der Waals surface area contributed by atoms with Gasteiger partial charge < -0.3 is 10.2 Å². The molecule has 2 aliphatic heterocycles. The summed E-state index contributed by atoms with van der Waals surface area (Å²) in [4.78, 5) is 21.9. The average molecular weight is 456 g/mol. The van der Waals surface area contributed by atoms with Crippen molar-refractivity contribution in [1.29, 1.82) is 0 Å². The highest BCUT2D eigenvalue weighted by Gasteiger charge is 2.84. The summed E-state index contributed by atoms with van der Waals surface area (Å²) in [5.41, 5.74) is -4.57. The van der Waals surface area contributed by atoms with Crippen LogP contribution in [0.3, 0.4) is 0 Å². The van der Waals surface area contributed by atoms with E-state index in [0.29, 0.717) is 35.7 Å². The first-order chi connectivity index (χ1) is 13.0. The van der Waals surface area contributed by atoms with E-state index >= 15 is 0 Å². The fourth-order valence-corrected chi connectivity index (χ4v) is 6.93. The van der Waals surface area contributed by atoms with Crippen LogP contribution >= 0.6 is 23.5 Å². The standard InChI is InChI=1S/C17H10F6O4S2/c1-13-5(3-7(28-13)11(24)25)9-10(16(20,21)17(22,23)15(9,18)19)6-4-8(12(26)27)29-14(6,13)2/h3-4H,1-2H3,(H,24,25)(H,26,27)/t13-,14-/m0/s1. The Morgan fingerprint density at radius 1 is 0.759 bits per heavy atom. The van der Waals surface area contributed by atoms with Crippen LogP contribution in [-0.4, -0.2) is 49.4 Å². The molecule has 0 radical (unpaired) electrons. The molecule has 29 heavy (non-hydrogen) atoms. The lowest BCUT2D eigenvalue weighted by molar-refractivity contribution is -0.258. The molecule has 12 heteroatoms. The van der Waals surface area contributed by atoms with E-state index < -0.39 is 71.3 Å². The Hall–Kier alpha value is -1.82. The zero-order valence-corrected chi connectivity index (χ0v) is 16.1. The minimum Gasteiger partial charge on any atom is -0.477 e. The number of hydrogen-bond donors (Lipinski definition) is 2. The Morgan fingerprint density at radius 3 is 1.34 bits per heavy atom. The summed E-state index contributed by atoms with van der Waals surface area (Å²) >= 11 is 1.09. The number of carboxylic acid groups (broad SMARTS) is 2. The Bertz CT molecular complexity index is 961. The van der Waals surface area contributed by atoms with Crippen molar-refractivity contribution in [3.8, 4) is 0 Å². The number of aliphatic carboxylic acids is 2. The molecule has 0 aromatic carbocycles. The number of halogens is 6. The largest absolute Gasteiger partial charge is 0.477 e. The predicted molar refractivity (Wildman–Crippen MR) is 92.3 cm³/mol. The van der Waals surface area contributed by atoms with Gasteiger partial charge in [0.2, 0.25) is 0 Å². The van der Waals surface area contributed by atoms with Gasteiger partial charge in [0.25, 0.3) is 0 Å². The van der Waals surface area contributed by atoms with Gasteiger partial charge in [-0.3, -0.25) is 0 Å². The normalized spacial score (nSPS) is 35.7. The minimum atomic E-state index is -5.77. The van der Waals surface area contributed by atoms with Gasteiger partial charge in [-0.15, -0.1) is 23.5 Å². The van der Waals surface area contributed by atoms with Crippen molar-refractivity contribution in [2.45, 2.75) is 41.1 Å². The molecule has 1 fully saturated rings. The van der Waals surface area contributed by atoms with Crippen molar-refractivity contribution >= 4 is 35.5 Å². The van der Waals surface area contributed by atoms with Crippen LogP contribution in [0.15, 0.2) is 44.3 Å². The van der Waals surface area contributed by atoms with E-state index in [1.165, 1.54) is 13.8 Å². The summed E-state index contributed by atoms with van der Waals surface area (Å²) in [6.45, 7) is 2.53. The van der Waals surface area contributed by atoms with Crippen LogP contribution in [-0.2, 0) is 9.59 Å². The van der Waals surface area contributed by atoms with Crippen LogP contribution in [0.25, 0.3) is 0 Å². The first-order valence-corrected chi connectivity index (χ1v) is 9.59. The van der Waals surface area contributed by atoms with Crippen LogP contribution in [0, 0.1) is 0 Å². The van der Waals surface area contributed by atoms with E-state index in [9.17, 15) is 46.1 Å². The zero-order chi connectivity index (χ0) is 21.9. The number of alkyl halides is 6. The number of carboxylic acids is 2. The molecule has 4 aliphatic rings. The van der Waals surface area contributed by atoms with Gasteiger partial charge in [-0.1, -0.05) is 0 Å². The minimum absolute atomic E-state index is 0.490. The maximum atomic E-state index is 14.7. The van der Waals surface area contributed by atoms with E-state index in [-0.39, 0.29) is 0 Å². The second kappa shape index (κ2) is 5.26. The first-order valence-electron chi connectivity index (χ1n) is 7.96. The van der Waals surface area contributed by atoms with Crippen LogP contribution in [0.1, 0.15) is 13.8 Å². The number of hydrogen-bond acceptors (Lipinski definition) is 4. The van der Waals surface area contributed by atoms with Crippen molar-refractivity contribution in [1.82, 2.24) is 0 Å². The second-order valence-corrected chi connectivity index (χ2v) is 10.1. The number of carbonyl (C=O) groups is 2. The fraction of sp³-hybridized carbons (Fsp3) is 0.412. The lowest BCUT2D eigenvalue weighted by Gasteiger charge is -2.46. The smallest absolute Gasteiger partial charge is 0.380 e. The zero-order valence-electron chi connectivity index (χ0n) is 14.4. The van der Waals surface area contributed by atoms with Crippen LogP contribution in [0.5, 0.6) is 0 Å². The summed E-state index contributed by atoms with van der Waals surface area (Å²) in [6.07, 6.45) is 1.41. The summed E-state index contributed by atoms with van der Waals surface area (Å²) in [5.74, 6) is -19.4. The molecule has 0 aromatic rings. The van der Waals surface area contributed by atoms with Crippen LogP contribution in [0.4, 0.5) is 26.3 Å². The van der Waals surface area contributed by atoms with Crippen molar-refractivity contribution in [2.24, 2.45) is 0 Å². The van der Waals surface area contributed by atoms with E-state index in [1.54, 1.807) is 0 Å². The first kappa shape index (κ1) is 20.5. The highest BCUT2D eigenvalue weighted by molar-refractivity contribution is 8.10. The molecule has 0 saturated heterocycles. The summed E-state index contributed by atoms with van der Waals surface area (Å²) in [6, 6.07) is 0. The number of fused-ring (bicyclic) bond motifs is 4. The molecule has 2 heterocycles. The lowest BCUT2D eigenvalue weighted by atomic mass is 9.71. The average Bonchev–Trinajstić information content (AvgIpc) is 3.14. The van der Waals surface area contributed by atoms with E-state index in [1.807, 2.05) is 0 Å². The van der Waals surface area contributed by atoms with Gasteiger partial charge in [0, 0.05) is 11.1 Å². The third-order valence-electron chi connectivity index (χ3n) is 5.74. The molecule has 4 nitrogen and oxygen atoms in total. The highest BCUT2D eigenvalue weighted by atomic mass is 32.2. The number of thioether (sulfide) groups is 2. The molecule has 1 saturated carbocycles. The van der Waals surface area contributed by atoms with Crippen LogP contribution < -0.4 is 0 Å². The van der Waals surface area contributed by atoms with Crippen molar-refractivity contribution in [3.05, 3.63) is 44.3 Å². The molecular weight excluding hydrogens is 446 g/mol. The highest BCUT2D eigenvalue weighted by Crippen LogP contribution is 2.74. The molecule has 0 unspecified atom stereocenters. The Balaban J connectivity index is 2.18. The molecule has 2 N–H and O–H groups in total. The summed E-state index contributed by atoms with van der Waals surface area (Å²) < 4.78 is 83.7. The molecule has 0 aromatic heterocycles. The number of rotatable bonds is 2. The molecule has 0 amide bonds. The van der Waals surface area contributed by atoms with Gasteiger partial charge >= 0.3 is 29.7 Å². The van der Waals surface area contributed by atoms with Crippen molar-refractivity contribution in [2.75, 3.05) is 0 Å². The molecule has 156 valence electrons. The molecule has 2 atom stereocenters. The topological polar surface area (TPSA) is 74.6 Å². The Morgan fingerprint density at radius 2 is 1.07 bits per heavy atom. The second-order valence-electron chi connectivity index (χ2n) is 7.20. The molecular formula is C17H10F6O4S2. The maximum absolute atomic E-state index is 14.7. The number of allylic oxidation sites excluding steroid dienone is 4. The lowest BCUT2D eigenvalue weighted by Crippen LogP contribution is -2.49. The molecule has 0 bridgehead atoms. The van der Waals surface area contributed by atoms with Gasteiger partial charge in [-0.25, -0.2) is 9.59 Å². The Labute approximate surface area is 167 Å². The maximum Gasteiger partial charge on any atom is 0.380 e. The summed E-state index contributed by atoms with van der Waals surface area (Å²) in [5, 5.41) is 18.6. The van der Waals surface area contributed by atoms with Gasteiger partial charge in [-0.05, 0) is 37.1 Å². The quantitative estimate of drug-likeness (QED) is 0.598. The van der Waals surface area contributed by atoms with E-state index in [2.05, 4.69) is 0 Å². The van der Waals surface area contributed by atoms with Gasteiger partial charge in [-0.2, -0.15) is 26.3 Å². The third kappa shape index (κ3) is 2.01. The van der Waals surface area contributed by atoms with Crippen molar-refractivity contribution in [3.63, 3.8) is 0 Å². The van der Waals surface area contributed by atoms with Gasteiger partial charge in [0.1, 0.15) is 0 Å². The molecule has 0 spiro atoms. The van der Waals surface area contributed by atoms with E-state index in [0.717, 1.165) is 0 Å². The van der Waals surface area contributed by atoms with Crippen molar-refractivity contribution < 1.29 is 46.1 Å². The van der Waals surface area contributed by atoms with Gasteiger partial charge in [0.15, 0.2) is 0 Å². The molecule has 4 rings (SSSR count). The van der Waals surface area contributed by atoms with Crippen LogP contribution in [0.2, 0.25) is 0 Å². The molecule has 2 aliphatic carbocycles. The van der Waals surface area contributed by atoms with Gasteiger partial charge in [0.05, 0.1) is 19.3 Å². The predicted octanol–water partition coefficient (Wildman–Crippen LogP) is 4.46. The fourth-order valence-electron chi connectivity index (χ4n) is 4.12. The third-order valence-corrected chi connectivity index (χ3v) is 8.97. The summed E-state index contributed by atoms with van der Waals surface area (Å²) in [7, 11) is 0. The Kier molecular flexibility index (Phi) is 3.71. The SMILES string of the molecule is C[C@]12SC(C(=O)O)=CC1=C1C(=C3C=C(C(=O)O)S[C@@]32C)C(F)(F)C(F)(F)C1(F)F. The monoisotopic (exact) mass is 456 g/mol. The van der Waals surface area contributed by atoms with E-state index in [4.69, 9.17) is 0 Å².